The minimum Gasteiger partial charge on any atom is -0.444 e. The van der Waals surface area contributed by atoms with Crippen LogP contribution in [0, 0.1) is 5.92 Å². The van der Waals surface area contributed by atoms with Crippen molar-refractivity contribution < 1.29 is 14.3 Å². The summed E-state index contributed by atoms with van der Waals surface area (Å²) in [5, 5.41) is 0. The van der Waals surface area contributed by atoms with Crippen LogP contribution < -0.4 is 0 Å². The molecule has 104 valence electrons. The molecule has 1 aliphatic carbocycles. The second-order valence-corrected chi connectivity index (χ2v) is 6.19. The zero-order valence-electron chi connectivity index (χ0n) is 12.0. The summed E-state index contributed by atoms with van der Waals surface area (Å²) in [5.41, 5.74) is -0.485. The van der Waals surface area contributed by atoms with Gasteiger partial charge >= 0.3 is 6.09 Å². The Bertz CT molecular complexity index is 303. The van der Waals surface area contributed by atoms with Crippen LogP contribution in [0.5, 0.6) is 0 Å². The van der Waals surface area contributed by atoms with Gasteiger partial charge in [-0.15, -0.1) is 0 Å². The van der Waals surface area contributed by atoms with Crippen LogP contribution in [0.25, 0.3) is 0 Å². The highest BCUT2D eigenvalue weighted by atomic mass is 16.6. The van der Waals surface area contributed by atoms with Crippen molar-refractivity contribution in [1.82, 2.24) is 4.90 Å². The predicted octanol–water partition coefficient (Wildman–Crippen LogP) is 3.00. The molecular weight excluding hydrogens is 230 g/mol. The van der Waals surface area contributed by atoms with Gasteiger partial charge in [-0.05, 0) is 26.7 Å². The number of rotatable bonds is 5. The summed E-state index contributed by atoms with van der Waals surface area (Å²) in [5.74, 6) is 0.861. The zero-order chi connectivity index (χ0) is 13.8. The molecule has 1 rings (SSSR count). The van der Waals surface area contributed by atoms with E-state index in [0.29, 0.717) is 25.3 Å². The van der Waals surface area contributed by atoms with Crippen molar-refractivity contribution in [1.29, 1.82) is 0 Å². The Morgan fingerprint density at radius 2 is 1.89 bits per heavy atom. The normalized spacial score (nSPS) is 16.0. The van der Waals surface area contributed by atoms with Gasteiger partial charge < -0.3 is 9.64 Å². The van der Waals surface area contributed by atoms with Gasteiger partial charge in [-0.25, -0.2) is 4.79 Å². The van der Waals surface area contributed by atoms with Crippen LogP contribution in [-0.4, -0.2) is 36.0 Å². The molecule has 0 heterocycles. The summed E-state index contributed by atoms with van der Waals surface area (Å²) < 4.78 is 5.22. The van der Waals surface area contributed by atoms with Crippen LogP contribution in [0.4, 0.5) is 4.79 Å². The molecule has 18 heavy (non-hydrogen) atoms. The van der Waals surface area contributed by atoms with Crippen LogP contribution in [0.1, 0.15) is 52.9 Å². The standard InChI is InChI=1S/C14H25NO3/c1-14(2,3)18-13(17)15(4)9-8-12(16)10-11-6-5-7-11/h11H,5-10H2,1-4H3. The quantitative estimate of drug-likeness (QED) is 0.758. The van der Waals surface area contributed by atoms with E-state index in [2.05, 4.69) is 0 Å². The number of ketones is 1. The molecule has 1 fully saturated rings. The van der Waals surface area contributed by atoms with E-state index in [0.717, 1.165) is 0 Å². The van der Waals surface area contributed by atoms with Crippen molar-refractivity contribution in [2.45, 2.75) is 58.5 Å². The summed E-state index contributed by atoms with van der Waals surface area (Å²) in [4.78, 5) is 24.8. The first-order valence-corrected chi connectivity index (χ1v) is 6.74. The van der Waals surface area contributed by atoms with Gasteiger partial charge in [0.05, 0.1) is 0 Å². The highest BCUT2D eigenvalue weighted by Gasteiger charge is 2.22. The van der Waals surface area contributed by atoms with E-state index in [-0.39, 0.29) is 11.9 Å². The summed E-state index contributed by atoms with van der Waals surface area (Å²) >= 11 is 0. The fraction of sp³-hybridized carbons (Fsp3) is 0.857. The number of hydrogen-bond acceptors (Lipinski definition) is 3. The van der Waals surface area contributed by atoms with Crippen LogP contribution in [0.15, 0.2) is 0 Å². The van der Waals surface area contributed by atoms with E-state index in [1.165, 1.54) is 24.2 Å². The molecule has 0 aromatic carbocycles. The van der Waals surface area contributed by atoms with E-state index < -0.39 is 5.60 Å². The zero-order valence-corrected chi connectivity index (χ0v) is 12.0. The molecule has 0 aliphatic heterocycles. The summed E-state index contributed by atoms with van der Waals surface area (Å²) in [6.45, 7) is 5.95. The van der Waals surface area contributed by atoms with Gasteiger partial charge in [0.1, 0.15) is 11.4 Å². The number of Topliss-reactive ketones (excluding diaryl/α,β-unsaturated/α-hetero) is 1. The van der Waals surface area contributed by atoms with Crippen molar-refractivity contribution in [3.05, 3.63) is 0 Å². The Morgan fingerprint density at radius 1 is 1.28 bits per heavy atom. The number of carbonyl (C=O) groups excluding carboxylic acids is 2. The van der Waals surface area contributed by atoms with Gasteiger partial charge in [0.15, 0.2) is 0 Å². The second-order valence-electron chi connectivity index (χ2n) is 6.19. The summed E-state index contributed by atoms with van der Waals surface area (Å²) in [6, 6.07) is 0. The Kier molecular flexibility index (Phi) is 5.17. The first kappa shape index (κ1) is 15.0. The van der Waals surface area contributed by atoms with Crippen LogP contribution in [-0.2, 0) is 9.53 Å². The average Bonchev–Trinajstić information content (AvgIpc) is 2.17. The van der Waals surface area contributed by atoms with Crippen molar-refractivity contribution in [3.8, 4) is 0 Å². The third-order valence-electron chi connectivity index (χ3n) is 3.17. The van der Waals surface area contributed by atoms with E-state index in [9.17, 15) is 9.59 Å². The van der Waals surface area contributed by atoms with Gasteiger partial charge in [0, 0.05) is 26.4 Å². The van der Waals surface area contributed by atoms with Crippen molar-refractivity contribution in [3.63, 3.8) is 0 Å². The SMILES string of the molecule is CN(CCC(=O)CC1CCC1)C(=O)OC(C)(C)C. The number of hydrogen-bond donors (Lipinski definition) is 0. The molecule has 0 aromatic heterocycles. The topological polar surface area (TPSA) is 46.6 Å². The third kappa shape index (κ3) is 5.52. The summed E-state index contributed by atoms with van der Waals surface area (Å²) in [7, 11) is 1.67. The average molecular weight is 255 g/mol. The molecule has 0 spiro atoms. The molecule has 1 aliphatic rings. The Hall–Kier alpha value is -1.06. The second kappa shape index (κ2) is 6.21. The maximum Gasteiger partial charge on any atom is 0.410 e. The maximum atomic E-state index is 11.7. The minimum absolute atomic E-state index is 0.259. The lowest BCUT2D eigenvalue weighted by Gasteiger charge is -2.26. The van der Waals surface area contributed by atoms with E-state index in [1.54, 1.807) is 7.05 Å². The monoisotopic (exact) mass is 255 g/mol. The first-order chi connectivity index (χ1) is 8.28. The highest BCUT2D eigenvalue weighted by Crippen LogP contribution is 2.29. The Balaban J connectivity index is 2.20. The largest absolute Gasteiger partial charge is 0.444 e. The maximum absolute atomic E-state index is 11.7. The van der Waals surface area contributed by atoms with Gasteiger partial charge in [-0.2, -0.15) is 0 Å². The lowest BCUT2D eigenvalue weighted by molar-refractivity contribution is -0.120. The van der Waals surface area contributed by atoms with E-state index in [1.807, 2.05) is 20.8 Å². The number of carbonyl (C=O) groups is 2. The molecule has 0 aromatic rings. The van der Waals surface area contributed by atoms with Gasteiger partial charge in [0.2, 0.25) is 0 Å². The molecule has 4 heteroatoms. The molecule has 1 saturated carbocycles. The number of nitrogens with zero attached hydrogens (tertiary/aromatic N) is 1. The number of ether oxygens (including phenoxy) is 1. The van der Waals surface area contributed by atoms with Gasteiger partial charge in [-0.3, -0.25) is 4.79 Å². The molecule has 1 amide bonds. The van der Waals surface area contributed by atoms with E-state index >= 15 is 0 Å². The molecular formula is C14H25NO3. The van der Waals surface area contributed by atoms with Crippen molar-refractivity contribution in [2.24, 2.45) is 5.92 Å². The third-order valence-corrected chi connectivity index (χ3v) is 3.17. The molecule has 0 radical (unpaired) electrons. The molecule has 0 N–H and O–H groups in total. The molecule has 4 nitrogen and oxygen atoms in total. The summed E-state index contributed by atoms with van der Waals surface area (Å²) in [6.07, 6.45) is 4.39. The van der Waals surface area contributed by atoms with Crippen LogP contribution in [0.2, 0.25) is 0 Å². The Morgan fingerprint density at radius 3 is 2.33 bits per heavy atom. The predicted molar refractivity (Wildman–Crippen MR) is 70.4 cm³/mol. The van der Waals surface area contributed by atoms with Gasteiger partial charge in [-0.1, -0.05) is 19.3 Å². The van der Waals surface area contributed by atoms with Crippen LogP contribution in [0.3, 0.4) is 0 Å². The number of amides is 1. The Labute approximate surface area is 110 Å². The highest BCUT2D eigenvalue weighted by molar-refractivity contribution is 5.79. The van der Waals surface area contributed by atoms with Crippen LogP contribution >= 0.6 is 0 Å². The van der Waals surface area contributed by atoms with Crippen molar-refractivity contribution >= 4 is 11.9 Å². The fourth-order valence-electron chi connectivity index (χ4n) is 1.84. The van der Waals surface area contributed by atoms with Crippen molar-refractivity contribution in [2.75, 3.05) is 13.6 Å². The first-order valence-electron chi connectivity index (χ1n) is 6.74. The van der Waals surface area contributed by atoms with Gasteiger partial charge in [0.25, 0.3) is 0 Å². The fourth-order valence-corrected chi connectivity index (χ4v) is 1.84. The molecule has 0 bridgehead atoms. The molecule has 0 unspecified atom stereocenters. The lowest BCUT2D eigenvalue weighted by Crippen LogP contribution is -2.35. The molecule has 0 atom stereocenters. The van der Waals surface area contributed by atoms with E-state index in [4.69, 9.17) is 4.74 Å². The smallest absolute Gasteiger partial charge is 0.410 e. The molecule has 0 saturated heterocycles. The minimum atomic E-state index is -0.485. The lowest BCUT2D eigenvalue weighted by atomic mass is 9.81.